The van der Waals surface area contributed by atoms with Gasteiger partial charge < -0.3 is 9.64 Å². The van der Waals surface area contributed by atoms with Crippen LogP contribution in [0.3, 0.4) is 0 Å². The predicted molar refractivity (Wildman–Crippen MR) is 100 cm³/mol. The average molecular weight is 397 g/mol. The molecule has 8 heteroatoms. The minimum atomic E-state index is -0.481. The Morgan fingerprint density at radius 3 is 2.58 bits per heavy atom. The van der Waals surface area contributed by atoms with Crippen molar-refractivity contribution >= 4 is 34.9 Å². The minimum Gasteiger partial charge on any atom is -0.444 e. The molecule has 0 N–H and O–H groups in total. The van der Waals surface area contributed by atoms with Crippen LogP contribution in [0.1, 0.15) is 51.3 Å². The standard InChI is InChI=1S/C18H22Cl2N4O2/c1-17(2,3)26-16(25)23-8-6-18(7-9-23)5-4-11-13(18)22-15-12(19)10-21-24(15)14(11)20/h10H,4-9H2,1-3H3. The highest BCUT2D eigenvalue weighted by Gasteiger charge is 2.45. The van der Waals surface area contributed by atoms with Crippen molar-refractivity contribution in [3.8, 4) is 0 Å². The van der Waals surface area contributed by atoms with E-state index in [9.17, 15) is 4.79 Å². The summed E-state index contributed by atoms with van der Waals surface area (Å²) in [6.45, 7) is 6.97. The van der Waals surface area contributed by atoms with E-state index in [2.05, 4.69) is 5.10 Å². The lowest BCUT2D eigenvalue weighted by atomic mass is 9.76. The fourth-order valence-corrected chi connectivity index (χ4v) is 4.51. The summed E-state index contributed by atoms with van der Waals surface area (Å²) in [5.41, 5.74) is 2.16. The molecule has 1 aliphatic carbocycles. The van der Waals surface area contributed by atoms with Gasteiger partial charge in [-0.1, -0.05) is 23.2 Å². The number of likely N-dealkylation sites (tertiary alicyclic amines) is 1. The topological polar surface area (TPSA) is 59.7 Å². The monoisotopic (exact) mass is 396 g/mol. The van der Waals surface area contributed by atoms with Crippen LogP contribution in [0, 0.1) is 0 Å². The van der Waals surface area contributed by atoms with Crippen molar-refractivity contribution in [2.75, 3.05) is 13.1 Å². The Hall–Kier alpha value is -1.53. The van der Waals surface area contributed by atoms with Crippen LogP contribution in [0.25, 0.3) is 5.65 Å². The molecule has 26 heavy (non-hydrogen) atoms. The molecule has 3 heterocycles. The number of amides is 1. The lowest BCUT2D eigenvalue weighted by Gasteiger charge is -2.39. The molecule has 0 unspecified atom stereocenters. The number of hydrogen-bond donors (Lipinski definition) is 0. The Bertz CT molecular complexity index is 879. The molecule has 2 aromatic heterocycles. The molecule has 0 bridgehead atoms. The second kappa shape index (κ2) is 5.99. The number of fused-ring (bicyclic) bond motifs is 3. The van der Waals surface area contributed by atoms with Gasteiger partial charge in [0.1, 0.15) is 15.8 Å². The second-order valence-electron chi connectivity index (χ2n) is 8.21. The Labute approximate surface area is 162 Å². The number of nitrogens with zero attached hydrogens (tertiary/aromatic N) is 4. The first-order valence-electron chi connectivity index (χ1n) is 8.90. The van der Waals surface area contributed by atoms with Crippen molar-refractivity contribution in [2.24, 2.45) is 0 Å². The Balaban J connectivity index is 1.60. The van der Waals surface area contributed by atoms with Crippen molar-refractivity contribution < 1.29 is 9.53 Å². The number of halogens is 2. The zero-order chi connectivity index (χ0) is 18.7. The molecule has 0 atom stereocenters. The number of piperidine rings is 1. The normalized spacial score (nSPS) is 19.2. The molecule has 1 saturated heterocycles. The fraction of sp³-hybridized carbons (Fsp3) is 0.611. The maximum absolute atomic E-state index is 12.3. The SMILES string of the molecule is CC(C)(C)OC(=O)N1CCC2(CCc3c2nc2c(Cl)cnn2c3Cl)CC1. The number of carbonyl (C=O) groups is 1. The molecular formula is C18H22Cl2N4O2. The molecular weight excluding hydrogens is 375 g/mol. The molecule has 2 aromatic rings. The maximum atomic E-state index is 12.3. The van der Waals surface area contributed by atoms with E-state index >= 15 is 0 Å². The van der Waals surface area contributed by atoms with Gasteiger partial charge in [-0.2, -0.15) is 5.10 Å². The number of carbonyl (C=O) groups excluding carboxylic acids is 1. The summed E-state index contributed by atoms with van der Waals surface area (Å²) in [5, 5.41) is 5.32. The fourth-order valence-electron chi connectivity index (χ4n) is 4.04. The second-order valence-corrected chi connectivity index (χ2v) is 8.97. The quantitative estimate of drug-likeness (QED) is 0.624. The van der Waals surface area contributed by atoms with E-state index in [4.69, 9.17) is 32.9 Å². The van der Waals surface area contributed by atoms with Crippen molar-refractivity contribution in [3.63, 3.8) is 0 Å². The molecule has 0 aromatic carbocycles. The van der Waals surface area contributed by atoms with Crippen molar-refractivity contribution in [1.29, 1.82) is 0 Å². The van der Waals surface area contributed by atoms with Crippen LogP contribution in [0.4, 0.5) is 4.79 Å². The summed E-state index contributed by atoms with van der Waals surface area (Å²) < 4.78 is 7.11. The van der Waals surface area contributed by atoms with E-state index in [1.165, 1.54) is 0 Å². The van der Waals surface area contributed by atoms with Gasteiger partial charge in [0.05, 0.1) is 11.9 Å². The van der Waals surface area contributed by atoms with E-state index in [1.54, 1.807) is 15.6 Å². The highest BCUT2D eigenvalue weighted by atomic mass is 35.5. The van der Waals surface area contributed by atoms with E-state index < -0.39 is 5.60 Å². The number of rotatable bonds is 0. The first-order valence-corrected chi connectivity index (χ1v) is 9.66. The van der Waals surface area contributed by atoms with Gasteiger partial charge in [-0.25, -0.2) is 14.3 Å². The third kappa shape index (κ3) is 2.83. The minimum absolute atomic E-state index is 0.0488. The van der Waals surface area contributed by atoms with Crippen LogP contribution in [-0.4, -0.2) is 44.3 Å². The molecule has 6 nitrogen and oxygen atoms in total. The van der Waals surface area contributed by atoms with Crippen LogP contribution in [0.5, 0.6) is 0 Å². The van der Waals surface area contributed by atoms with Gasteiger partial charge in [-0.05, 0) is 46.5 Å². The molecule has 4 rings (SSSR count). The summed E-state index contributed by atoms with van der Waals surface area (Å²) >= 11 is 12.8. The van der Waals surface area contributed by atoms with Crippen molar-refractivity contribution in [3.05, 3.63) is 27.6 Å². The number of hydrogen-bond acceptors (Lipinski definition) is 4. The van der Waals surface area contributed by atoms with Crippen molar-refractivity contribution in [1.82, 2.24) is 19.5 Å². The lowest BCUT2D eigenvalue weighted by Crippen LogP contribution is -2.46. The van der Waals surface area contributed by atoms with Crippen LogP contribution >= 0.6 is 23.2 Å². The van der Waals surface area contributed by atoms with Gasteiger partial charge in [-0.15, -0.1) is 0 Å². The van der Waals surface area contributed by atoms with Crippen LogP contribution in [0.15, 0.2) is 6.20 Å². The van der Waals surface area contributed by atoms with Gasteiger partial charge >= 0.3 is 6.09 Å². The number of aromatic nitrogens is 3. The first kappa shape index (κ1) is 17.9. The molecule has 1 aliphatic heterocycles. The van der Waals surface area contributed by atoms with Crippen LogP contribution in [-0.2, 0) is 16.6 Å². The molecule has 140 valence electrons. The average Bonchev–Trinajstić information content (AvgIpc) is 3.10. The van der Waals surface area contributed by atoms with Crippen molar-refractivity contribution in [2.45, 2.75) is 57.5 Å². The summed E-state index contributed by atoms with van der Waals surface area (Å²) in [4.78, 5) is 19.0. The maximum Gasteiger partial charge on any atom is 0.410 e. The zero-order valence-electron chi connectivity index (χ0n) is 15.2. The van der Waals surface area contributed by atoms with Gasteiger partial charge in [0.15, 0.2) is 5.65 Å². The van der Waals surface area contributed by atoms with Gasteiger partial charge in [0, 0.05) is 24.1 Å². The molecule has 1 fully saturated rings. The smallest absolute Gasteiger partial charge is 0.410 e. The molecule has 0 saturated carbocycles. The first-order chi connectivity index (χ1) is 12.2. The van der Waals surface area contributed by atoms with E-state index in [0.29, 0.717) is 28.9 Å². The highest BCUT2D eigenvalue weighted by molar-refractivity contribution is 6.34. The Kier molecular flexibility index (Phi) is 4.12. The lowest BCUT2D eigenvalue weighted by molar-refractivity contribution is 0.0162. The molecule has 1 amide bonds. The van der Waals surface area contributed by atoms with Gasteiger partial charge in [0.25, 0.3) is 0 Å². The van der Waals surface area contributed by atoms with Crippen LogP contribution < -0.4 is 0 Å². The summed E-state index contributed by atoms with van der Waals surface area (Å²) in [7, 11) is 0. The third-order valence-corrected chi connectivity index (χ3v) is 6.02. The van der Waals surface area contributed by atoms with E-state index in [0.717, 1.165) is 36.9 Å². The highest BCUT2D eigenvalue weighted by Crippen LogP contribution is 2.47. The largest absolute Gasteiger partial charge is 0.444 e. The van der Waals surface area contributed by atoms with E-state index in [1.807, 2.05) is 20.8 Å². The van der Waals surface area contributed by atoms with E-state index in [-0.39, 0.29) is 11.5 Å². The van der Waals surface area contributed by atoms with Gasteiger partial charge in [-0.3, -0.25) is 0 Å². The molecule has 2 aliphatic rings. The Morgan fingerprint density at radius 2 is 1.92 bits per heavy atom. The summed E-state index contributed by atoms with van der Waals surface area (Å²) in [6, 6.07) is 0. The zero-order valence-corrected chi connectivity index (χ0v) is 16.7. The molecule has 0 radical (unpaired) electrons. The summed E-state index contributed by atoms with van der Waals surface area (Å²) in [5.74, 6) is 0. The van der Waals surface area contributed by atoms with Gasteiger partial charge in [0.2, 0.25) is 0 Å². The third-order valence-electron chi connectivity index (χ3n) is 5.37. The predicted octanol–water partition coefficient (Wildman–Crippen LogP) is 4.25. The summed E-state index contributed by atoms with van der Waals surface area (Å²) in [6.07, 6.45) is 4.90. The van der Waals surface area contributed by atoms with Crippen LogP contribution in [0.2, 0.25) is 10.2 Å². The number of ether oxygens (including phenoxy) is 1. The molecule has 1 spiro atoms. The Morgan fingerprint density at radius 1 is 1.23 bits per heavy atom.